The molecule has 1 aliphatic heterocycles. The molecule has 3 nitrogen and oxygen atoms in total. The first-order chi connectivity index (χ1) is 7.22. The zero-order valence-corrected chi connectivity index (χ0v) is 8.90. The van der Waals surface area contributed by atoms with Crippen molar-refractivity contribution in [2.24, 2.45) is 5.73 Å². The Morgan fingerprint density at radius 1 is 1.53 bits per heavy atom. The Labute approximate surface area is 90.1 Å². The molecule has 0 radical (unpaired) electrons. The van der Waals surface area contributed by atoms with Crippen LogP contribution in [0, 0.1) is 18.3 Å². The van der Waals surface area contributed by atoms with E-state index < -0.39 is 0 Å². The van der Waals surface area contributed by atoms with E-state index in [0.29, 0.717) is 0 Å². The lowest BCUT2D eigenvalue weighted by Crippen LogP contribution is -2.27. The maximum absolute atomic E-state index is 9.06. The zero-order chi connectivity index (χ0) is 10.8. The highest BCUT2D eigenvalue weighted by molar-refractivity contribution is 5.64. The van der Waals surface area contributed by atoms with Crippen LogP contribution in [0.5, 0.6) is 0 Å². The lowest BCUT2D eigenvalue weighted by Gasteiger charge is -2.21. The van der Waals surface area contributed by atoms with Crippen LogP contribution < -0.4 is 10.6 Å². The summed E-state index contributed by atoms with van der Waals surface area (Å²) in [4.78, 5) is 2.22. The third-order valence-electron chi connectivity index (χ3n) is 2.90. The molecule has 2 rings (SSSR count). The van der Waals surface area contributed by atoms with E-state index in [1.54, 1.807) is 0 Å². The van der Waals surface area contributed by atoms with Crippen molar-refractivity contribution >= 4 is 5.69 Å². The van der Waals surface area contributed by atoms with Crippen molar-refractivity contribution < 1.29 is 0 Å². The highest BCUT2D eigenvalue weighted by Crippen LogP contribution is 2.27. The first-order valence-electron chi connectivity index (χ1n) is 5.22. The van der Waals surface area contributed by atoms with Crippen LogP contribution in [0.25, 0.3) is 0 Å². The molecule has 1 aromatic rings. The van der Waals surface area contributed by atoms with Crippen LogP contribution >= 0.6 is 0 Å². The number of anilines is 1. The van der Waals surface area contributed by atoms with Crippen LogP contribution in [0.4, 0.5) is 5.69 Å². The molecule has 0 bridgehead atoms. The second kappa shape index (κ2) is 3.92. The van der Waals surface area contributed by atoms with Gasteiger partial charge in [-0.15, -0.1) is 0 Å². The number of para-hydroxylation sites is 1. The van der Waals surface area contributed by atoms with Gasteiger partial charge in [0, 0.05) is 19.1 Å². The van der Waals surface area contributed by atoms with Crippen LogP contribution in [0.15, 0.2) is 18.2 Å². The fraction of sp³-hybridized carbons (Fsp3) is 0.417. The minimum atomic E-state index is 0.246. The van der Waals surface area contributed by atoms with Gasteiger partial charge in [-0.05, 0) is 25.0 Å². The van der Waals surface area contributed by atoms with E-state index in [0.717, 1.165) is 36.3 Å². The summed E-state index contributed by atoms with van der Waals surface area (Å²) in [6.07, 6.45) is 1.01. The number of aryl methyl sites for hydroxylation is 1. The number of benzene rings is 1. The number of nitriles is 1. The average molecular weight is 201 g/mol. The maximum atomic E-state index is 9.06. The van der Waals surface area contributed by atoms with Gasteiger partial charge in [-0.3, -0.25) is 0 Å². The van der Waals surface area contributed by atoms with Crippen molar-refractivity contribution in [1.82, 2.24) is 0 Å². The van der Waals surface area contributed by atoms with Gasteiger partial charge in [0.2, 0.25) is 0 Å². The maximum Gasteiger partial charge on any atom is 0.101 e. The summed E-state index contributed by atoms with van der Waals surface area (Å²) in [5, 5.41) is 9.06. The van der Waals surface area contributed by atoms with Crippen molar-refractivity contribution in [2.45, 2.75) is 19.4 Å². The van der Waals surface area contributed by atoms with Gasteiger partial charge < -0.3 is 10.6 Å². The Morgan fingerprint density at radius 2 is 2.33 bits per heavy atom. The average Bonchev–Trinajstić information content (AvgIpc) is 2.64. The van der Waals surface area contributed by atoms with Crippen molar-refractivity contribution in [1.29, 1.82) is 5.26 Å². The molecule has 0 amide bonds. The molecule has 1 atom stereocenters. The summed E-state index contributed by atoms with van der Waals surface area (Å²) in [6.45, 7) is 3.86. The van der Waals surface area contributed by atoms with Crippen molar-refractivity contribution in [3.05, 3.63) is 29.3 Å². The monoisotopic (exact) mass is 201 g/mol. The number of rotatable bonds is 1. The van der Waals surface area contributed by atoms with Crippen molar-refractivity contribution in [2.75, 3.05) is 18.0 Å². The lowest BCUT2D eigenvalue weighted by atomic mass is 10.1. The number of hydrogen-bond donors (Lipinski definition) is 1. The molecule has 1 aromatic carbocycles. The fourth-order valence-electron chi connectivity index (χ4n) is 2.16. The van der Waals surface area contributed by atoms with Gasteiger partial charge in [-0.2, -0.15) is 5.26 Å². The highest BCUT2D eigenvalue weighted by atomic mass is 15.2. The number of nitrogens with zero attached hydrogens (tertiary/aromatic N) is 2. The predicted octanol–water partition coefficient (Wildman–Crippen LogP) is 1.40. The van der Waals surface area contributed by atoms with Gasteiger partial charge in [0.25, 0.3) is 0 Å². The van der Waals surface area contributed by atoms with Gasteiger partial charge >= 0.3 is 0 Å². The van der Waals surface area contributed by atoms with Crippen molar-refractivity contribution in [3.8, 4) is 6.07 Å². The molecule has 0 aromatic heterocycles. The fourth-order valence-corrected chi connectivity index (χ4v) is 2.16. The Hall–Kier alpha value is -1.53. The molecule has 15 heavy (non-hydrogen) atoms. The van der Waals surface area contributed by atoms with E-state index in [1.165, 1.54) is 0 Å². The first-order valence-corrected chi connectivity index (χ1v) is 5.22. The van der Waals surface area contributed by atoms with E-state index >= 15 is 0 Å². The summed E-state index contributed by atoms with van der Waals surface area (Å²) in [7, 11) is 0. The minimum Gasteiger partial charge on any atom is -0.369 e. The molecule has 1 fully saturated rings. The van der Waals surface area contributed by atoms with E-state index in [2.05, 4.69) is 11.0 Å². The van der Waals surface area contributed by atoms with E-state index in [9.17, 15) is 0 Å². The smallest absolute Gasteiger partial charge is 0.101 e. The highest BCUT2D eigenvalue weighted by Gasteiger charge is 2.22. The summed E-state index contributed by atoms with van der Waals surface area (Å²) in [5.41, 5.74) is 8.85. The Balaban J connectivity index is 2.39. The largest absolute Gasteiger partial charge is 0.369 e. The van der Waals surface area contributed by atoms with Gasteiger partial charge in [0.15, 0.2) is 0 Å². The Morgan fingerprint density at radius 3 is 2.93 bits per heavy atom. The molecule has 3 heteroatoms. The van der Waals surface area contributed by atoms with E-state index in [4.69, 9.17) is 11.0 Å². The molecule has 2 N–H and O–H groups in total. The number of hydrogen-bond acceptors (Lipinski definition) is 3. The Kier molecular flexibility index (Phi) is 2.61. The van der Waals surface area contributed by atoms with E-state index in [1.807, 2.05) is 25.1 Å². The molecule has 0 saturated carbocycles. The summed E-state index contributed by atoms with van der Waals surface area (Å²) in [5.74, 6) is 0. The molecule has 0 aliphatic carbocycles. The lowest BCUT2D eigenvalue weighted by molar-refractivity contribution is 0.752. The normalized spacial score (nSPS) is 20.3. The standard InChI is InChI=1S/C12H15N3/c1-9-3-2-4-10(7-13)12(9)15-6-5-11(14)8-15/h2-4,11H,5-6,8,14H2,1H3. The van der Waals surface area contributed by atoms with Crippen LogP contribution in [0.3, 0.4) is 0 Å². The van der Waals surface area contributed by atoms with Gasteiger partial charge in [-0.25, -0.2) is 0 Å². The van der Waals surface area contributed by atoms with Crippen molar-refractivity contribution in [3.63, 3.8) is 0 Å². The molecule has 78 valence electrons. The van der Waals surface area contributed by atoms with Gasteiger partial charge in [0.1, 0.15) is 6.07 Å². The third kappa shape index (κ3) is 1.81. The van der Waals surface area contributed by atoms with Crippen LogP contribution in [-0.2, 0) is 0 Å². The molecular weight excluding hydrogens is 186 g/mol. The molecule has 1 saturated heterocycles. The zero-order valence-electron chi connectivity index (χ0n) is 8.90. The minimum absolute atomic E-state index is 0.246. The molecular formula is C12H15N3. The quantitative estimate of drug-likeness (QED) is 0.747. The molecule has 1 heterocycles. The number of nitrogens with two attached hydrogens (primary N) is 1. The Bertz CT molecular complexity index is 406. The first kappa shape index (κ1) is 10.0. The van der Waals surface area contributed by atoms with Gasteiger partial charge in [0.05, 0.1) is 11.3 Å². The van der Waals surface area contributed by atoms with Gasteiger partial charge in [-0.1, -0.05) is 12.1 Å². The van der Waals surface area contributed by atoms with Crippen LogP contribution in [0.1, 0.15) is 17.5 Å². The topological polar surface area (TPSA) is 53.0 Å². The second-order valence-corrected chi connectivity index (χ2v) is 4.08. The molecule has 1 aliphatic rings. The summed E-state index contributed by atoms with van der Waals surface area (Å²) < 4.78 is 0. The second-order valence-electron chi connectivity index (χ2n) is 4.08. The van der Waals surface area contributed by atoms with Crippen LogP contribution in [-0.4, -0.2) is 19.1 Å². The van der Waals surface area contributed by atoms with E-state index in [-0.39, 0.29) is 6.04 Å². The predicted molar refractivity (Wildman–Crippen MR) is 60.7 cm³/mol. The SMILES string of the molecule is Cc1cccc(C#N)c1N1CCC(N)C1. The molecule has 1 unspecified atom stereocenters. The van der Waals surface area contributed by atoms with Crippen LogP contribution in [0.2, 0.25) is 0 Å². The third-order valence-corrected chi connectivity index (χ3v) is 2.90. The molecule has 0 spiro atoms. The summed E-state index contributed by atoms with van der Waals surface area (Å²) in [6, 6.07) is 8.32. The summed E-state index contributed by atoms with van der Waals surface area (Å²) >= 11 is 0.